The van der Waals surface area contributed by atoms with Crippen molar-refractivity contribution in [2.24, 2.45) is 11.1 Å². The van der Waals surface area contributed by atoms with E-state index >= 15 is 0 Å². The van der Waals surface area contributed by atoms with Crippen LogP contribution in [0.5, 0.6) is 0 Å². The Morgan fingerprint density at radius 1 is 1.40 bits per heavy atom. The summed E-state index contributed by atoms with van der Waals surface area (Å²) < 4.78 is 4.91. The Balaban J connectivity index is 3.66. The van der Waals surface area contributed by atoms with Crippen LogP contribution in [0.1, 0.15) is 33.6 Å². The smallest absolute Gasteiger partial charge is 0.237 e. The molecule has 1 amide bonds. The van der Waals surface area contributed by atoms with E-state index in [-0.39, 0.29) is 11.3 Å². The second-order valence-electron chi connectivity index (χ2n) is 4.83. The van der Waals surface area contributed by atoms with Crippen molar-refractivity contribution in [2.75, 3.05) is 20.3 Å². The van der Waals surface area contributed by atoms with Crippen LogP contribution in [0.15, 0.2) is 0 Å². The minimum Gasteiger partial charge on any atom is -0.385 e. The Labute approximate surface area is 92.6 Å². The number of hydrogen-bond acceptors (Lipinski definition) is 3. The van der Waals surface area contributed by atoms with Crippen LogP contribution in [0.3, 0.4) is 0 Å². The molecule has 0 unspecified atom stereocenters. The van der Waals surface area contributed by atoms with Crippen molar-refractivity contribution in [1.82, 2.24) is 5.32 Å². The zero-order chi connectivity index (χ0) is 11.9. The molecule has 0 aromatic carbocycles. The maximum Gasteiger partial charge on any atom is 0.237 e. The van der Waals surface area contributed by atoms with E-state index in [1.807, 2.05) is 20.8 Å². The number of methoxy groups -OCH3 is 1. The fourth-order valence-corrected chi connectivity index (χ4v) is 1.09. The highest BCUT2D eigenvalue weighted by Crippen LogP contribution is 2.16. The van der Waals surface area contributed by atoms with Gasteiger partial charge in [-0.15, -0.1) is 0 Å². The number of nitrogens with one attached hydrogen (secondary N) is 1. The minimum atomic E-state index is -0.445. The molecule has 0 saturated heterocycles. The molecular formula is C11H24N2O2. The van der Waals surface area contributed by atoms with Crippen LogP contribution in [0.25, 0.3) is 0 Å². The van der Waals surface area contributed by atoms with Crippen LogP contribution >= 0.6 is 0 Å². The molecule has 1 atom stereocenters. The first-order chi connectivity index (χ1) is 6.89. The van der Waals surface area contributed by atoms with Crippen molar-refractivity contribution in [3.8, 4) is 0 Å². The molecule has 0 bridgehead atoms. The molecule has 3 N–H and O–H groups in total. The van der Waals surface area contributed by atoms with Gasteiger partial charge < -0.3 is 15.8 Å². The molecule has 0 saturated carbocycles. The topological polar surface area (TPSA) is 64.3 Å². The summed E-state index contributed by atoms with van der Waals surface area (Å²) in [4.78, 5) is 11.6. The zero-order valence-electron chi connectivity index (χ0n) is 10.3. The fraction of sp³-hybridized carbons (Fsp3) is 0.909. The van der Waals surface area contributed by atoms with Gasteiger partial charge >= 0.3 is 0 Å². The van der Waals surface area contributed by atoms with Gasteiger partial charge in [-0.1, -0.05) is 20.8 Å². The standard InChI is InChI=1S/C11H24N2O2/c1-11(2,3)9(12)10(14)13-7-5-6-8-15-4/h9H,5-8,12H2,1-4H3,(H,13,14)/t9-/m0/s1. The maximum absolute atomic E-state index is 11.6. The molecule has 90 valence electrons. The molecule has 4 heteroatoms. The van der Waals surface area contributed by atoms with Crippen LogP contribution in [-0.2, 0) is 9.53 Å². The third kappa shape index (κ3) is 6.47. The summed E-state index contributed by atoms with van der Waals surface area (Å²) in [7, 11) is 1.67. The molecule has 0 fully saturated rings. The predicted molar refractivity (Wildman–Crippen MR) is 61.6 cm³/mol. The molecule has 4 nitrogen and oxygen atoms in total. The molecule has 0 rings (SSSR count). The highest BCUT2D eigenvalue weighted by atomic mass is 16.5. The second-order valence-corrected chi connectivity index (χ2v) is 4.83. The predicted octanol–water partition coefficient (Wildman–Crippen LogP) is 0.903. The molecule has 0 aliphatic rings. The second kappa shape index (κ2) is 6.80. The molecule has 0 radical (unpaired) electrons. The molecule has 0 spiro atoms. The van der Waals surface area contributed by atoms with Gasteiger partial charge in [-0.25, -0.2) is 0 Å². The van der Waals surface area contributed by atoms with E-state index in [0.717, 1.165) is 19.4 Å². The highest BCUT2D eigenvalue weighted by molar-refractivity contribution is 5.82. The van der Waals surface area contributed by atoms with Gasteiger partial charge in [0.1, 0.15) is 0 Å². The van der Waals surface area contributed by atoms with E-state index in [1.165, 1.54) is 0 Å². The van der Waals surface area contributed by atoms with Crippen molar-refractivity contribution < 1.29 is 9.53 Å². The quantitative estimate of drug-likeness (QED) is 0.648. The van der Waals surface area contributed by atoms with Gasteiger partial charge in [-0.3, -0.25) is 4.79 Å². The third-order valence-electron chi connectivity index (χ3n) is 2.29. The fourth-order valence-electron chi connectivity index (χ4n) is 1.09. The maximum atomic E-state index is 11.6. The molecule has 0 aromatic heterocycles. The van der Waals surface area contributed by atoms with Gasteiger partial charge in [0.2, 0.25) is 5.91 Å². The van der Waals surface area contributed by atoms with Gasteiger partial charge in [-0.05, 0) is 18.3 Å². The number of rotatable bonds is 6. The first-order valence-electron chi connectivity index (χ1n) is 5.42. The summed E-state index contributed by atoms with van der Waals surface area (Å²) in [6.45, 7) is 7.29. The van der Waals surface area contributed by atoms with Gasteiger partial charge in [0.15, 0.2) is 0 Å². The monoisotopic (exact) mass is 216 g/mol. The van der Waals surface area contributed by atoms with E-state index in [4.69, 9.17) is 10.5 Å². The lowest BCUT2D eigenvalue weighted by Crippen LogP contribution is -2.48. The van der Waals surface area contributed by atoms with Gasteiger partial charge in [0.05, 0.1) is 6.04 Å². The summed E-state index contributed by atoms with van der Waals surface area (Å²) in [6.07, 6.45) is 1.89. The highest BCUT2D eigenvalue weighted by Gasteiger charge is 2.26. The van der Waals surface area contributed by atoms with Crippen LogP contribution in [0.2, 0.25) is 0 Å². The van der Waals surface area contributed by atoms with E-state index < -0.39 is 6.04 Å². The number of ether oxygens (including phenoxy) is 1. The summed E-state index contributed by atoms with van der Waals surface area (Å²) in [6, 6.07) is -0.445. The first kappa shape index (κ1) is 14.4. The molecule has 0 aromatic rings. The molecule has 15 heavy (non-hydrogen) atoms. The Morgan fingerprint density at radius 3 is 2.47 bits per heavy atom. The van der Waals surface area contributed by atoms with Crippen molar-refractivity contribution >= 4 is 5.91 Å². The summed E-state index contributed by atoms with van der Waals surface area (Å²) >= 11 is 0. The van der Waals surface area contributed by atoms with E-state index in [0.29, 0.717) is 6.54 Å². The minimum absolute atomic E-state index is 0.0695. The van der Waals surface area contributed by atoms with Crippen LogP contribution in [-0.4, -0.2) is 32.2 Å². The third-order valence-corrected chi connectivity index (χ3v) is 2.29. The number of carbonyl (C=O) groups is 1. The van der Waals surface area contributed by atoms with Crippen LogP contribution in [0, 0.1) is 5.41 Å². The van der Waals surface area contributed by atoms with Gasteiger partial charge in [0.25, 0.3) is 0 Å². The van der Waals surface area contributed by atoms with Crippen molar-refractivity contribution in [3.05, 3.63) is 0 Å². The summed E-state index contributed by atoms with van der Waals surface area (Å²) in [5.74, 6) is -0.0695. The van der Waals surface area contributed by atoms with Crippen LogP contribution in [0.4, 0.5) is 0 Å². The SMILES string of the molecule is COCCCCNC(=O)[C@H](N)C(C)(C)C. The number of unbranched alkanes of at least 4 members (excludes halogenated alkanes) is 1. The largest absolute Gasteiger partial charge is 0.385 e. The van der Waals surface area contributed by atoms with Crippen molar-refractivity contribution in [1.29, 1.82) is 0 Å². The van der Waals surface area contributed by atoms with Crippen molar-refractivity contribution in [3.63, 3.8) is 0 Å². The summed E-state index contributed by atoms with van der Waals surface area (Å²) in [5, 5.41) is 2.83. The molecule has 0 aliphatic carbocycles. The Morgan fingerprint density at radius 2 is 2.00 bits per heavy atom. The first-order valence-corrected chi connectivity index (χ1v) is 5.42. The van der Waals surface area contributed by atoms with Gasteiger partial charge in [-0.2, -0.15) is 0 Å². The lowest BCUT2D eigenvalue weighted by molar-refractivity contribution is -0.124. The molecular weight excluding hydrogens is 192 g/mol. The van der Waals surface area contributed by atoms with E-state index in [1.54, 1.807) is 7.11 Å². The number of carbonyl (C=O) groups excluding carboxylic acids is 1. The zero-order valence-corrected chi connectivity index (χ0v) is 10.3. The van der Waals surface area contributed by atoms with Gasteiger partial charge in [0, 0.05) is 20.3 Å². The lowest BCUT2D eigenvalue weighted by Gasteiger charge is -2.25. The molecule has 0 heterocycles. The summed E-state index contributed by atoms with van der Waals surface area (Å²) in [5.41, 5.74) is 5.61. The van der Waals surface area contributed by atoms with Crippen molar-refractivity contribution in [2.45, 2.75) is 39.7 Å². The number of nitrogens with two attached hydrogens (primary N) is 1. The van der Waals surface area contributed by atoms with Crippen LogP contribution < -0.4 is 11.1 Å². The van der Waals surface area contributed by atoms with E-state index in [9.17, 15) is 4.79 Å². The average molecular weight is 216 g/mol. The number of hydrogen-bond donors (Lipinski definition) is 2. The normalized spacial score (nSPS) is 13.7. The Kier molecular flexibility index (Phi) is 6.52. The number of amides is 1. The Bertz CT molecular complexity index is 188. The van der Waals surface area contributed by atoms with E-state index in [2.05, 4.69) is 5.32 Å². The lowest BCUT2D eigenvalue weighted by atomic mass is 9.87. The Hall–Kier alpha value is -0.610. The average Bonchev–Trinajstić information content (AvgIpc) is 2.14. The molecule has 0 aliphatic heterocycles.